The van der Waals surface area contributed by atoms with E-state index >= 15 is 0 Å². The summed E-state index contributed by atoms with van der Waals surface area (Å²) in [6.07, 6.45) is 0.228. The summed E-state index contributed by atoms with van der Waals surface area (Å²) < 4.78 is 1.09. The average molecular weight is 292 g/mol. The molecule has 0 fully saturated rings. The summed E-state index contributed by atoms with van der Waals surface area (Å²) >= 11 is 1.55. The summed E-state index contributed by atoms with van der Waals surface area (Å²) in [5, 5.41) is 12.3. The molecular formula is C14H16N2O3S. The maximum Gasteiger partial charge on any atom is 0.303 e. The van der Waals surface area contributed by atoms with Crippen molar-refractivity contribution in [2.75, 3.05) is 0 Å². The highest BCUT2D eigenvalue weighted by atomic mass is 32.1. The Morgan fingerprint density at radius 3 is 2.80 bits per heavy atom. The number of aliphatic carboxylic acids is 1. The second-order valence-corrected chi connectivity index (χ2v) is 5.87. The van der Waals surface area contributed by atoms with E-state index in [1.165, 1.54) is 0 Å². The SMILES string of the molecule is CC(CC(=O)O)CC(=O)NCc1nc2ccccc2s1. The molecule has 1 heterocycles. The van der Waals surface area contributed by atoms with Crippen molar-refractivity contribution in [2.45, 2.75) is 26.3 Å². The summed E-state index contributed by atoms with van der Waals surface area (Å²) in [5.74, 6) is -1.18. The number of hydrogen-bond donors (Lipinski definition) is 2. The van der Waals surface area contributed by atoms with Crippen LogP contribution in [0.5, 0.6) is 0 Å². The Balaban J connectivity index is 1.85. The van der Waals surface area contributed by atoms with E-state index in [9.17, 15) is 9.59 Å². The Morgan fingerprint density at radius 2 is 2.10 bits per heavy atom. The molecule has 1 amide bonds. The number of thiazole rings is 1. The molecule has 0 spiro atoms. The lowest BCUT2D eigenvalue weighted by Gasteiger charge is -2.08. The lowest BCUT2D eigenvalue weighted by Crippen LogP contribution is -2.25. The smallest absolute Gasteiger partial charge is 0.303 e. The second kappa shape index (κ2) is 6.47. The number of carboxylic acids is 1. The van der Waals surface area contributed by atoms with Crippen LogP contribution < -0.4 is 5.32 Å². The molecule has 2 N–H and O–H groups in total. The van der Waals surface area contributed by atoms with E-state index in [2.05, 4.69) is 10.3 Å². The Morgan fingerprint density at radius 1 is 1.35 bits per heavy atom. The summed E-state index contributed by atoms with van der Waals surface area (Å²) in [7, 11) is 0. The highest BCUT2D eigenvalue weighted by molar-refractivity contribution is 7.18. The van der Waals surface area contributed by atoms with Crippen molar-refractivity contribution in [3.8, 4) is 0 Å². The van der Waals surface area contributed by atoms with Gasteiger partial charge in [0.1, 0.15) is 5.01 Å². The topological polar surface area (TPSA) is 79.3 Å². The van der Waals surface area contributed by atoms with Crippen LogP contribution in [0.3, 0.4) is 0 Å². The van der Waals surface area contributed by atoms with Crippen molar-refractivity contribution in [1.82, 2.24) is 10.3 Å². The first-order valence-electron chi connectivity index (χ1n) is 6.37. The van der Waals surface area contributed by atoms with Crippen LogP contribution in [0.1, 0.15) is 24.8 Å². The van der Waals surface area contributed by atoms with Crippen LogP contribution in [-0.2, 0) is 16.1 Å². The van der Waals surface area contributed by atoms with Gasteiger partial charge in [-0.3, -0.25) is 9.59 Å². The summed E-state index contributed by atoms with van der Waals surface area (Å²) in [6, 6.07) is 7.81. The molecular weight excluding hydrogens is 276 g/mol. The van der Waals surface area contributed by atoms with Gasteiger partial charge in [0.15, 0.2) is 0 Å². The van der Waals surface area contributed by atoms with E-state index in [1.54, 1.807) is 18.3 Å². The number of rotatable bonds is 6. The number of carbonyl (C=O) groups is 2. The molecule has 1 aromatic heterocycles. The summed E-state index contributed by atoms with van der Waals surface area (Å²) in [4.78, 5) is 26.6. The zero-order valence-electron chi connectivity index (χ0n) is 11.1. The maximum absolute atomic E-state index is 11.7. The molecule has 0 aliphatic heterocycles. The fourth-order valence-electron chi connectivity index (χ4n) is 1.93. The minimum Gasteiger partial charge on any atom is -0.481 e. The number of amides is 1. The predicted octanol–water partition coefficient (Wildman–Crippen LogP) is 2.41. The number of carbonyl (C=O) groups excluding carboxylic acids is 1. The fraction of sp³-hybridized carbons (Fsp3) is 0.357. The summed E-state index contributed by atoms with van der Waals surface area (Å²) in [5.41, 5.74) is 0.931. The lowest BCUT2D eigenvalue weighted by atomic mass is 10.0. The normalized spacial score (nSPS) is 12.2. The molecule has 106 valence electrons. The minimum absolute atomic E-state index is 0.00849. The molecule has 0 radical (unpaired) electrons. The van der Waals surface area contributed by atoms with Gasteiger partial charge in [-0.25, -0.2) is 4.98 Å². The third kappa shape index (κ3) is 4.03. The molecule has 2 rings (SSSR count). The number of aromatic nitrogens is 1. The van der Waals surface area contributed by atoms with Crippen molar-refractivity contribution in [3.63, 3.8) is 0 Å². The Hall–Kier alpha value is -1.95. The Bertz CT molecular complexity index is 591. The molecule has 1 atom stereocenters. The molecule has 20 heavy (non-hydrogen) atoms. The molecule has 1 aromatic carbocycles. The molecule has 2 aromatic rings. The minimum atomic E-state index is -0.878. The number of carboxylic acid groups (broad SMARTS) is 1. The number of nitrogens with zero attached hydrogens (tertiary/aromatic N) is 1. The molecule has 6 heteroatoms. The number of benzene rings is 1. The zero-order chi connectivity index (χ0) is 14.5. The first kappa shape index (κ1) is 14.5. The lowest BCUT2D eigenvalue weighted by molar-refractivity contribution is -0.138. The first-order chi connectivity index (χ1) is 9.54. The summed E-state index contributed by atoms with van der Waals surface area (Å²) in [6.45, 7) is 2.14. The highest BCUT2D eigenvalue weighted by Crippen LogP contribution is 2.21. The van der Waals surface area contributed by atoms with Gasteiger partial charge in [-0.1, -0.05) is 19.1 Å². The van der Waals surface area contributed by atoms with Gasteiger partial charge in [-0.2, -0.15) is 0 Å². The van der Waals surface area contributed by atoms with E-state index in [1.807, 2.05) is 24.3 Å². The van der Waals surface area contributed by atoms with Crippen LogP contribution in [0.25, 0.3) is 10.2 Å². The van der Waals surface area contributed by atoms with Crippen molar-refractivity contribution < 1.29 is 14.7 Å². The monoisotopic (exact) mass is 292 g/mol. The van der Waals surface area contributed by atoms with Crippen LogP contribution in [0, 0.1) is 5.92 Å². The van der Waals surface area contributed by atoms with Gasteiger partial charge in [-0.05, 0) is 18.1 Å². The quantitative estimate of drug-likeness (QED) is 0.857. The molecule has 0 saturated heterocycles. The van der Waals surface area contributed by atoms with Crippen molar-refractivity contribution in [1.29, 1.82) is 0 Å². The third-order valence-electron chi connectivity index (χ3n) is 2.83. The first-order valence-corrected chi connectivity index (χ1v) is 7.19. The molecule has 0 aliphatic carbocycles. The van der Waals surface area contributed by atoms with E-state index in [4.69, 9.17) is 5.11 Å². The molecule has 1 unspecified atom stereocenters. The standard InChI is InChI=1S/C14H16N2O3S/c1-9(7-14(18)19)6-12(17)15-8-13-16-10-4-2-3-5-11(10)20-13/h2-5,9H,6-8H2,1H3,(H,15,17)(H,18,19). The van der Waals surface area contributed by atoms with Gasteiger partial charge < -0.3 is 10.4 Å². The van der Waals surface area contributed by atoms with Gasteiger partial charge in [0, 0.05) is 12.8 Å². The fourth-order valence-corrected chi connectivity index (χ4v) is 2.84. The second-order valence-electron chi connectivity index (χ2n) is 4.76. The average Bonchev–Trinajstić information content (AvgIpc) is 2.77. The molecule has 0 aliphatic rings. The van der Waals surface area contributed by atoms with Gasteiger partial charge in [0.25, 0.3) is 0 Å². The van der Waals surface area contributed by atoms with Crippen LogP contribution in [0.4, 0.5) is 0 Å². The van der Waals surface area contributed by atoms with Gasteiger partial charge in [-0.15, -0.1) is 11.3 Å². The van der Waals surface area contributed by atoms with Crippen LogP contribution in [-0.4, -0.2) is 22.0 Å². The van der Waals surface area contributed by atoms with E-state index in [0.29, 0.717) is 6.54 Å². The molecule has 5 nitrogen and oxygen atoms in total. The van der Waals surface area contributed by atoms with Crippen LogP contribution in [0.15, 0.2) is 24.3 Å². The number of nitrogens with one attached hydrogen (secondary N) is 1. The Kier molecular flexibility index (Phi) is 4.68. The van der Waals surface area contributed by atoms with Gasteiger partial charge >= 0.3 is 5.97 Å². The highest BCUT2D eigenvalue weighted by Gasteiger charge is 2.13. The Labute approximate surface area is 120 Å². The predicted molar refractivity (Wildman–Crippen MR) is 77.5 cm³/mol. The van der Waals surface area contributed by atoms with E-state index in [-0.39, 0.29) is 24.7 Å². The van der Waals surface area contributed by atoms with Crippen molar-refractivity contribution in [2.24, 2.45) is 5.92 Å². The van der Waals surface area contributed by atoms with Crippen molar-refractivity contribution in [3.05, 3.63) is 29.3 Å². The molecule has 0 bridgehead atoms. The maximum atomic E-state index is 11.7. The largest absolute Gasteiger partial charge is 0.481 e. The third-order valence-corrected chi connectivity index (χ3v) is 3.87. The van der Waals surface area contributed by atoms with Gasteiger partial charge in [0.05, 0.1) is 16.8 Å². The zero-order valence-corrected chi connectivity index (χ0v) is 11.9. The number of hydrogen-bond acceptors (Lipinski definition) is 4. The number of fused-ring (bicyclic) bond motifs is 1. The number of para-hydroxylation sites is 1. The van der Waals surface area contributed by atoms with Crippen molar-refractivity contribution >= 4 is 33.4 Å². The van der Waals surface area contributed by atoms with Crippen LogP contribution >= 0.6 is 11.3 Å². The van der Waals surface area contributed by atoms with E-state index in [0.717, 1.165) is 15.2 Å². The van der Waals surface area contributed by atoms with Crippen LogP contribution in [0.2, 0.25) is 0 Å². The van der Waals surface area contributed by atoms with E-state index < -0.39 is 5.97 Å². The van der Waals surface area contributed by atoms with Gasteiger partial charge in [0.2, 0.25) is 5.91 Å². The molecule has 0 saturated carbocycles.